The van der Waals surface area contributed by atoms with Crippen molar-refractivity contribution in [3.05, 3.63) is 39.6 Å². The van der Waals surface area contributed by atoms with Crippen LogP contribution in [0.5, 0.6) is 0 Å². The maximum absolute atomic E-state index is 13.1. The van der Waals surface area contributed by atoms with Crippen molar-refractivity contribution in [2.24, 2.45) is 0 Å². The predicted octanol–water partition coefficient (Wildman–Crippen LogP) is 3.03. The molecule has 0 spiro atoms. The number of nitrogens with zero attached hydrogens (tertiary/aromatic N) is 1. The number of aromatic nitrogens is 1. The summed E-state index contributed by atoms with van der Waals surface area (Å²) in [5.41, 5.74) is 0.337. The second kappa shape index (κ2) is 8.70. The minimum Gasteiger partial charge on any atom is -0.480 e. The fourth-order valence-corrected chi connectivity index (χ4v) is 5.40. The van der Waals surface area contributed by atoms with Crippen molar-refractivity contribution in [3.8, 4) is 11.3 Å². The van der Waals surface area contributed by atoms with Crippen LogP contribution in [0.3, 0.4) is 0 Å². The van der Waals surface area contributed by atoms with Crippen molar-refractivity contribution >= 4 is 52.8 Å². The van der Waals surface area contributed by atoms with Gasteiger partial charge in [-0.1, -0.05) is 34.4 Å². The number of hydrogen-bond acceptors (Lipinski definition) is 7. The predicted molar refractivity (Wildman–Crippen MR) is 116 cm³/mol. The average molecular weight is 488 g/mol. The van der Waals surface area contributed by atoms with Crippen LogP contribution >= 0.6 is 35.0 Å². The van der Waals surface area contributed by atoms with E-state index in [1.807, 2.05) is 0 Å². The lowest BCUT2D eigenvalue weighted by Gasteiger charge is -2.22. The Bertz CT molecular complexity index is 1040. The molecule has 1 aliphatic rings. The molecule has 31 heavy (non-hydrogen) atoms. The number of hydrogen-bond donors (Lipinski definition) is 4. The highest BCUT2D eigenvalue weighted by molar-refractivity contribution is 8.01. The number of rotatable bonds is 6. The summed E-state index contributed by atoms with van der Waals surface area (Å²) in [4.78, 5) is 36.5. The highest BCUT2D eigenvalue weighted by atomic mass is 35.5. The van der Waals surface area contributed by atoms with E-state index in [0.29, 0.717) is 0 Å². The van der Waals surface area contributed by atoms with Crippen LogP contribution in [-0.2, 0) is 9.59 Å². The molecule has 12 heteroatoms. The summed E-state index contributed by atoms with van der Waals surface area (Å²) in [5, 5.41) is 27.8. The van der Waals surface area contributed by atoms with Gasteiger partial charge >= 0.3 is 11.9 Å². The van der Waals surface area contributed by atoms with E-state index in [4.69, 9.17) is 27.7 Å². The van der Waals surface area contributed by atoms with Gasteiger partial charge in [0, 0.05) is 10.3 Å². The molecule has 0 radical (unpaired) electrons. The van der Waals surface area contributed by atoms with Crippen molar-refractivity contribution in [1.29, 1.82) is 0 Å². The van der Waals surface area contributed by atoms with E-state index < -0.39 is 40.1 Å². The van der Waals surface area contributed by atoms with Crippen LogP contribution in [0.2, 0.25) is 10.0 Å². The standard InChI is InChI=1S/C19H19Cl2N3O6S/c1-7-10(12(24-30-7)11-8(20)5-4-6-9(11)21)15(25)22-13(17(26)27)16-23-14(18(28)29)19(2,3)31-16/h4-6,13-14,16,23H,1-3H3,(H,22,25)(H,26,27)(H,28,29)/t13?,14-,16?/m0/s1. The first-order valence-corrected chi connectivity index (χ1v) is 10.7. The first kappa shape index (κ1) is 23.4. The first-order chi connectivity index (χ1) is 14.4. The quantitative estimate of drug-likeness (QED) is 0.483. The lowest BCUT2D eigenvalue weighted by molar-refractivity contribution is -0.142. The fraction of sp³-hybridized carbons (Fsp3) is 0.368. The van der Waals surface area contributed by atoms with Crippen LogP contribution in [0.1, 0.15) is 30.0 Å². The summed E-state index contributed by atoms with van der Waals surface area (Å²) < 4.78 is 4.36. The number of nitrogens with one attached hydrogen (secondary N) is 2. The Kier molecular flexibility index (Phi) is 6.56. The minimum absolute atomic E-state index is 0.0155. The number of aliphatic carboxylic acids is 2. The molecule has 0 aliphatic carbocycles. The monoisotopic (exact) mass is 487 g/mol. The summed E-state index contributed by atoms with van der Waals surface area (Å²) in [6.45, 7) is 4.87. The van der Waals surface area contributed by atoms with Crippen molar-refractivity contribution in [3.63, 3.8) is 0 Å². The molecule has 4 N–H and O–H groups in total. The molecule has 9 nitrogen and oxygen atoms in total. The lowest BCUT2D eigenvalue weighted by Crippen LogP contribution is -2.53. The molecule has 2 aromatic rings. The number of benzene rings is 1. The zero-order valence-corrected chi connectivity index (χ0v) is 18.9. The SMILES string of the molecule is Cc1onc(-c2c(Cl)cccc2Cl)c1C(=O)NC(C(=O)O)C1N[C@@H](C(=O)O)C(C)(C)S1. The summed E-state index contributed by atoms with van der Waals surface area (Å²) in [6.07, 6.45) is 0. The van der Waals surface area contributed by atoms with Gasteiger partial charge in [-0.3, -0.25) is 14.9 Å². The zero-order chi connectivity index (χ0) is 23.1. The third-order valence-corrected chi connectivity index (χ3v) is 6.98. The number of amides is 1. The zero-order valence-electron chi connectivity index (χ0n) is 16.6. The average Bonchev–Trinajstić information content (AvgIpc) is 3.18. The molecule has 1 fully saturated rings. The molecule has 0 saturated carbocycles. The van der Waals surface area contributed by atoms with E-state index in [1.54, 1.807) is 32.0 Å². The maximum Gasteiger partial charge on any atom is 0.328 e. The normalized spacial score (nSPS) is 20.9. The number of carbonyl (C=O) groups excluding carboxylic acids is 1. The van der Waals surface area contributed by atoms with Gasteiger partial charge in [0.25, 0.3) is 5.91 Å². The number of carbonyl (C=O) groups is 3. The van der Waals surface area contributed by atoms with Crippen molar-refractivity contribution in [2.45, 2.75) is 43.0 Å². The number of thioether (sulfide) groups is 1. The van der Waals surface area contributed by atoms with Gasteiger partial charge in [-0.15, -0.1) is 11.8 Å². The van der Waals surface area contributed by atoms with Gasteiger partial charge in [0.2, 0.25) is 0 Å². The number of carboxylic acid groups (broad SMARTS) is 2. The second-order valence-corrected chi connectivity index (χ2v) is 10.0. The van der Waals surface area contributed by atoms with Gasteiger partial charge in [-0.05, 0) is 32.9 Å². The van der Waals surface area contributed by atoms with Crippen molar-refractivity contribution in [2.75, 3.05) is 0 Å². The molecule has 0 bridgehead atoms. The third kappa shape index (κ3) is 4.52. The van der Waals surface area contributed by atoms with Gasteiger partial charge in [0.05, 0.1) is 15.4 Å². The molecular formula is C19H19Cl2N3O6S. The number of aryl methyl sites for hydroxylation is 1. The third-order valence-electron chi connectivity index (χ3n) is 4.85. The van der Waals surface area contributed by atoms with Crippen LogP contribution < -0.4 is 10.6 Å². The highest BCUT2D eigenvalue weighted by Crippen LogP contribution is 2.40. The molecule has 2 heterocycles. The Morgan fingerprint density at radius 3 is 2.39 bits per heavy atom. The van der Waals surface area contributed by atoms with E-state index in [-0.39, 0.29) is 32.6 Å². The molecule has 1 aromatic carbocycles. The van der Waals surface area contributed by atoms with Gasteiger partial charge in [0.1, 0.15) is 23.1 Å². The van der Waals surface area contributed by atoms with E-state index in [1.165, 1.54) is 6.92 Å². The summed E-state index contributed by atoms with van der Waals surface area (Å²) in [5.74, 6) is -3.06. The molecule has 1 saturated heterocycles. The fourth-order valence-electron chi connectivity index (χ4n) is 3.34. The van der Waals surface area contributed by atoms with Crippen LogP contribution in [0.15, 0.2) is 22.7 Å². The lowest BCUT2D eigenvalue weighted by atomic mass is 10.0. The Morgan fingerprint density at radius 2 is 1.87 bits per heavy atom. The Hall–Kier alpha value is -2.27. The van der Waals surface area contributed by atoms with E-state index in [9.17, 15) is 24.6 Å². The molecule has 1 aromatic heterocycles. The molecule has 3 atom stereocenters. The van der Waals surface area contributed by atoms with Crippen molar-refractivity contribution in [1.82, 2.24) is 15.8 Å². The van der Waals surface area contributed by atoms with Gasteiger partial charge in [-0.25, -0.2) is 4.79 Å². The molecular weight excluding hydrogens is 469 g/mol. The van der Waals surface area contributed by atoms with Crippen molar-refractivity contribution < 1.29 is 29.1 Å². The molecule has 1 aliphatic heterocycles. The number of carboxylic acids is 2. The summed E-state index contributed by atoms with van der Waals surface area (Å²) in [6, 6.07) is 2.36. The van der Waals surface area contributed by atoms with Crippen LogP contribution in [-0.4, -0.2) is 55.4 Å². The molecule has 166 valence electrons. The highest BCUT2D eigenvalue weighted by Gasteiger charge is 2.49. The topological polar surface area (TPSA) is 142 Å². The van der Waals surface area contributed by atoms with Gasteiger partial charge in [-0.2, -0.15) is 0 Å². The van der Waals surface area contributed by atoms with Crippen LogP contribution in [0.4, 0.5) is 0 Å². The van der Waals surface area contributed by atoms with Crippen LogP contribution in [0, 0.1) is 6.92 Å². The van der Waals surface area contributed by atoms with Gasteiger partial charge < -0.3 is 20.1 Å². The maximum atomic E-state index is 13.1. The smallest absolute Gasteiger partial charge is 0.328 e. The number of halogens is 2. The summed E-state index contributed by atoms with van der Waals surface area (Å²) in [7, 11) is 0. The molecule has 2 unspecified atom stereocenters. The minimum atomic E-state index is -1.43. The molecule has 3 rings (SSSR count). The van der Waals surface area contributed by atoms with E-state index in [0.717, 1.165) is 11.8 Å². The Labute approximate surface area is 191 Å². The second-order valence-electron chi connectivity index (χ2n) is 7.43. The Morgan fingerprint density at radius 1 is 1.26 bits per heavy atom. The Balaban J connectivity index is 1.93. The largest absolute Gasteiger partial charge is 0.480 e. The first-order valence-electron chi connectivity index (χ1n) is 9.05. The molecule has 1 amide bonds. The van der Waals surface area contributed by atoms with E-state index in [2.05, 4.69) is 15.8 Å². The van der Waals surface area contributed by atoms with Crippen LogP contribution in [0.25, 0.3) is 11.3 Å². The van der Waals surface area contributed by atoms with Gasteiger partial charge in [0.15, 0.2) is 6.04 Å². The summed E-state index contributed by atoms with van der Waals surface area (Å²) >= 11 is 13.6. The van der Waals surface area contributed by atoms with E-state index >= 15 is 0 Å².